The number of aliphatic hydroxyl groups is 1. The quantitative estimate of drug-likeness (QED) is 0.559. The van der Waals surface area contributed by atoms with E-state index in [4.69, 9.17) is 10.5 Å². The van der Waals surface area contributed by atoms with Gasteiger partial charge in [0.15, 0.2) is 0 Å². The zero-order valence-electron chi connectivity index (χ0n) is 11.9. The lowest BCUT2D eigenvalue weighted by molar-refractivity contribution is -0.146. The summed E-state index contributed by atoms with van der Waals surface area (Å²) in [7, 11) is 1.30. The molecule has 0 radical (unpaired) electrons. The van der Waals surface area contributed by atoms with Crippen molar-refractivity contribution in [2.24, 2.45) is 0 Å². The number of carbonyl (C=O) groups excluding carboxylic acids is 1. The summed E-state index contributed by atoms with van der Waals surface area (Å²) in [4.78, 5) is 33.6. The van der Waals surface area contributed by atoms with E-state index in [-0.39, 0.29) is 23.8 Å². The Balaban J connectivity index is 1.88. The fourth-order valence-electron chi connectivity index (χ4n) is 2.67. The van der Waals surface area contributed by atoms with Gasteiger partial charge < -0.3 is 15.6 Å². The smallest absolute Gasteiger partial charge is 0.323 e. The third-order valence-corrected chi connectivity index (χ3v) is 3.62. The number of carbonyl (C=O) groups is 1. The number of ether oxygens (including phenoxy) is 1. The SMILES string of the molecule is COC(=O)[C@@H]1C[C@H](O)CN1Cc1cc(=O)n2[nH]c(N)nc2n1. The van der Waals surface area contributed by atoms with Crippen molar-refractivity contribution in [3.05, 3.63) is 22.1 Å². The Hall–Kier alpha value is -2.46. The fourth-order valence-corrected chi connectivity index (χ4v) is 2.67. The van der Waals surface area contributed by atoms with Crippen LogP contribution in [0.3, 0.4) is 0 Å². The van der Waals surface area contributed by atoms with Crippen molar-refractivity contribution in [3.63, 3.8) is 0 Å². The number of hydrogen-bond donors (Lipinski definition) is 3. The summed E-state index contributed by atoms with van der Waals surface area (Å²) in [6, 6.07) is 0.786. The molecule has 118 valence electrons. The second-order valence-electron chi connectivity index (χ2n) is 5.19. The Morgan fingerprint density at radius 3 is 3.09 bits per heavy atom. The van der Waals surface area contributed by atoms with E-state index in [1.54, 1.807) is 4.90 Å². The average molecular weight is 308 g/mol. The molecule has 1 aliphatic heterocycles. The third-order valence-electron chi connectivity index (χ3n) is 3.62. The van der Waals surface area contributed by atoms with Gasteiger partial charge >= 0.3 is 5.97 Å². The van der Waals surface area contributed by atoms with Crippen LogP contribution < -0.4 is 11.3 Å². The highest BCUT2D eigenvalue weighted by Gasteiger charge is 2.36. The molecule has 3 rings (SSSR count). The molecule has 22 heavy (non-hydrogen) atoms. The van der Waals surface area contributed by atoms with Crippen LogP contribution >= 0.6 is 0 Å². The van der Waals surface area contributed by atoms with Crippen LogP contribution in [0, 0.1) is 0 Å². The number of nitrogens with one attached hydrogen (secondary N) is 1. The summed E-state index contributed by atoms with van der Waals surface area (Å²) in [6.07, 6.45) is -0.321. The number of likely N-dealkylation sites (tertiary alicyclic amines) is 1. The lowest BCUT2D eigenvalue weighted by Crippen LogP contribution is -2.37. The lowest BCUT2D eigenvalue weighted by Gasteiger charge is -2.21. The highest BCUT2D eigenvalue weighted by molar-refractivity contribution is 5.76. The van der Waals surface area contributed by atoms with E-state index in [1.807, 2.05) is 0 Å². The van der Waals surface area contributed by atoms with Crippen LogP contribution in [0.4, 0.5) is 5.95 Å². The van der Waals surface area contributed by atoms with Gasteiger partial charge in [-0.15, -0.1) is 0 Å². The van der Waals surface area contributed by atoms with Crippen LogP contribution in [-0.2, 0) is 16.1 Å². The van der Waals surface area contributed by atoms with Crippen LogP contribution in [0.5, 0.6) is 0 Å². The van der Waals surface area contributed by atoms with Crippen LogP contribution in [0.2, 0.25) is 0 Å². The molecule has 0 bridgehead atoms. The predicted octanol–water partition coefficient (Wildman–Crippen LogP) is -1.89. The van der Waals surface area contributed by atoms with E-state index in [0.717, 1.165) is 4.52 Å². The molecule has 2 aromatic heterocycles. The summed E-state index contributed by atoms with van der Waals surface area (Å²) in [6.45, 7) is 0.541. The van der Waals surface area contributed by atoms with Gasteiger partial charge in [0.1, 0.15) is 6.04 Å². The Labute approximate surface area is 124 Å². The summed E-state index contributed by atoms with van der Waals surface area (Å²) in [5, 5.41) is 12.3. The summed E-state index contributed by atoms with van der Waals surface area (Å²) >= 11 is 0. The van der Waals surface area contributed by atoms with Crippen molar-refractivity contribution >= 4 is 17.7 Å². The molecule has 10 nitrogen and oxygen atoms in total. The van der Waals surface area contributed by atoms with Crippen LogP contribution in [-0.4, -0.2) is 61.4 Å². The molecule has 1 aliphatic rings. The Morgan fingerprint density at radius 2 is 2.36 bits per heavy atom. The largest absolute Gasteiger partial charge is 0.468 e. The average Bonchev–Trinajstić information content (AvgIpc) is 3.01. The van der Waals surface area contributed by atoms with Gasteiger partial charge in [-0.3, -0.25) is 19.6 Å². The van der Waals surface area contributed by atoms with E-state index < -0.39 is 18.1 Å². The van der Waals surface area contributed by atoms with Gasteiger partial charge in [0.25, 0.3) is 11.3 Å². The summed E-state index contributed by atoms with van der Waals surface area (Å²) in [5.41, 5.74) is 5.60. The van der Waals surface area contributed by atoms with Crippen molar-refractivity contribution < 1.29 is 14.6 Å². The predicted molar refractivity (Wildman–Crippen MR) is 74.9 cm³/mol. The van der Waals surface area contributed by atoms with Crippen LogP contribution in [0.25, 0.3) is 5.78 Å². The van der Waals surface area contributed by atoms with E-state index in [0.29, 0.717) is 18.7 Å². The van der Waals surface area contributed by atoms with Crippen molar-refractivity contribution in [1.29, 1.82) is 0 Å². The van der Waals surface area contributed by atoms with Gasteiger partial charge in [0, 0.05) is 25.6 Å². The van der Waals surface area contributed by atoms with Gasteiger partial charge in [-0.1, -0.05) is 0 Å². The number of anilines is 1. The normalized spacial score (nSPS) is 22.3. The lowest BCUT2D eigenvalue weighted by atomic mass is 10.2. The van der Waals surface area contributed by atoms with Crippen molar-refractivity contribution in [2.45, 2.75) is 25.1 Å². The maximum atomic E-state index is 12.0. The molecule has 0 amide bonds. The molecular weight excluding hydrogens is 292 g/mol. The van der Waals surface area contributed by atoms with Gasteiger partial charge in [-0.2, -0.15) is 9.50 Å². The number of hydrogen-bond acceptors (Lipinski definition) is 8. The standard InChI is InChI=1S/C12H16N6O4/c1-22-10(21)8-3-7(19)5-17(8)4-6-2-9(20)18-12(14-6)15-11(13)16-18/h2,7-8,19H,3-5H2,1H3,(H3,13,14,15,16)/t7-,8-/m0/s1. The molecule has 4 N–H and O–H groups in total. The molecule has 1 saturated heterocycles. The fraction of sp³-hybridized carbons (Fsp3) is 0.500. The molecule has 3 heterocycles. The van der Waals surface area contributed by atoms with Gasteiger partial charge in [0.05, 0.1) is 18.9 Å². The number of nitrogens with zero attached hydrogens (tertiary/aromatic N) is 4. The first-order valence-electron chi connectivity index (χ1n) is 6.72. The van der Waals surface area contributed by atoms with E-state index >= 15 is 0 Å². The number of aromatic amines is 1. The minimum atomic E-state index is -0.616. The topological polar surface area (TPSA) is 139 Å². The maximum absolute atomic E-state index is 12.0. The highest BCUT2D eigenvalue weighted by Crippen LogP contribution is 2.20. The highest BCUT2D eigenvalue weighted by atomic mass is 16.5. The maximum Gasteiger partial charge on any atom is 0.323 e. The molecule has 2 atom stereocenters. The molecule has 1 fully saturated rings. The van der Waals surface area contributed by atoms with Gasteiger partial charge in [-0.05, 0) is 0 Å². The monoisotopic (exact) mass is 308 g/mol. The summed E-state index contributed by atoms with van der Waals surface area (Å²) in [5.74, 6) is -0.168. The van der Waals surface area contributed by atoms with Crippen molar-refractivity contribution in [2.75, 3.05) is 19.4 Å². The third kappa shape index (κ3) is 2.53. The zero-order valence-corrected chi connectivity index (χ0v) is 11.9. The first-order chi connectivity index (χ1) is 10.5. The zero-order chi connectivity index (χ0) is 15.9. The number of esters is 1. The molecular formula is C12H16N6O4. The van der Waals surface area contributed by atoms with Crippen LogP contribution in [0.1, 0.15) is 12.1 Å². The number of rotatable bonds is 3. The molecule has 0 aliphatic carbocycles. The Bertz CT molecular complexity index is 769. The van der Waals surface area contributed by atoms with E-state index in [1.165, 1.54) is 13.2 Å². The Morgan fingerprint density at radius 1 is 1.59 bits per heavy atom. The number of methoxy groups -OCH3 is 1. The molecule has 2 aromatic rings. The minimum absolute atomic E-state index is 0.0887. The molecule has 0 spiro atoms. The second kappa shape index (κ2) is 5.39. The Kier molecular flexibility index (Phi) is 3.54. The number of nitrogens with two attached hydrogens (primary N) is 1. The second-order valence-corrected chi connectivity index (χ2v) is 5.19. The van der Waals surface area contributed by atoms with Gasteiger partial charge in [-0.25, -0.2) is 4.98 Å². The number of aliphatic hydroxyl groups excluding tert-OH is 1. The molecule has 10 heteroatoms. The first-order valence-corrected chi connectivity index (χ1v) is 6.72. The van der Waals surface area contributed by atoms with Crippen molar-refractivity contribution in [1.82, 2.24) is 24.5 Å². The molecule has 0 aromatic carbocycles. The number of nitrogen functional groups attached to an aromatic ring is 1. The number of aromatic nitrogens is 4. The van der Waals surface area contributed by atoms with Crippen molar-refractivity contribution in [3.8, 4) is 0 Å². The van der Waals surface area contributed by atoms with Gasteiger partial charge in [0.2, 0.25) is 5.95 Å². The first kappa shape index (κ1) is 14.5. The number of fused-ring (bicyclic) bond motifs is 1. The molecule has 0 saturated carbocycles. The number of H-pyrrole nitrogens is 1. The van der Waals surface area contributed by atoms with Crippen LogP contribution in [0.15, 0.2) is 10.9 Å². The summed E-state index contributed by atoms with van der Waals surface area (Å²) < 4.78 is 5.87. The molecule has 0 unspecified atom stereocenters. The minimum Gasteiger partial charge on any atom is -0.468 e. The van der Waals surface area contributed by atoms with E-state index in [2.05, 4.69) is 15.1 Å². The number of β-amino-alcohol motifs (C(OH)–C–C–N with tert-alkyl or cyclic N) is 1. The van der Waals surface area contributed by atoms with E-state index in [9.17, 15) is 14.7 Å².